The largest absolute Gasteiger partial charge is 0.493 e. The number of methoxy groups -OCH3 is 1. The van der Waals surface area contributed by atoms with Gasteiger partial charge in [0.25, 0.3) is 0 Å². The second-order valence-corrected chi connectivity index (χ2v) is 4.10. The quantitative estimate of drug-likeness (QED) is 0.726. The van der Waals surface area contributed by atoms with Crippen molar-refractivity contribution in [2.75, 3.05) is 20.2 Å². The number of hydrogen-bond donors (Lipinski definition) is 0. The normalized spacial score (nSPS) is 11.0. The Labute approximate surface area is 123 Å². The molecule has 0 aliphatic rings. The fourth-order valence-corrected chi connectivity index (χ4v) is 1.84. The average molecular weight is 299 g/mol. The molecule has 0 heterocycles. The van der Waals surface area contributed by atoms with Crippen molar-refractivity contribution < 1.29 is 23.0 Å². The van der Waals surface area contributed by atoms with Gasteiger partial charge in [0.1, 0.15) is 0 Å². The van der Waals surface area contributed by atoms with E-state index in [2.05, 4.69) is 4.74 Å². The lowest BCUT2D eigenvalue weighted by Gasteiger charge is -2.16. The van der Waals surface area contributed by atoms with E-state index >= 15 is 0 Å². The standard InChI is InChI=1S/C15H19F2NO3/c1-4-18(5-2)13(19)10-9-11-7-6-8-12(20-3)14(11)21-15(16)17/h6-10,15H,4-5H2,1-3H3/b10-9-. The summed E-state index contributed by atoms with van der Waals surface area (Å²) < 4.78 is 34.4. The number of benzene rings is 1. The molecule has 116 valence electrons. The van der Waals surface area contributed by atoms with Gasteiger partial charge in [0.05, 0.1) is 7.11 Å². The van der Waals surface area contributed by atoms with Crippen LogP contribution in [0.25, 0.3) is 6.08 Å². The third-order valence-corrected chi connectivity index (χ3v) is 2.92. The summed E-state index contributed by atoms with van der Waals surface area (Å²) in [6, 6.07) is 4.73. The highest BCUT2D eigenvalue weighted by molar-refractivity contribution is 5.92. The summed E-state index contributed by atoms with van der Waals surface area (Å²) in [6.45, 7) is 1.93. The predicted octanol–water partition coefficient (Wildman–Crippen LogP) is 3.18. The van der Waals surface area contributed by atoms with Crippen LogP contribution in [0.5, 0.6) is 11.5 Å². The summed E-state index contributed by atoms with van der Waals surface area (Å²) in [7, 11) is 1.36. The van der Waals surface area contributed by atoms with Crippen molar-refractivity contribution in [2.45, 2.75) is 20.5 Å². The molecule has 0 aromatic heterocycles. The number of likely N-dealkylation sites (N-methyl/N-ethyl adjacent to an activating group) is 1. The number of carbonyl (C=O) groups is 1. The molecule has 0 aliphatic carbocycles. The second-order valence-electron chi connectivity index (χ2n) is 4.10. The van der Waals surface area contributed by atoms with Crippen molar-refractivity contribution in [3.63, 3.8) is 0 Å². The first-order chi connectivity index (χ1) is 10.0. The third kappa shape index (κ3) is 4.73. The molecule has 1 rings (SSSR count). The fourth-order valence-electron chi connectivity index (χ4n) is 1.84. The smallest absolute Gasteiger partial charge is 0.387 e. The predicted molar refractivity (Wildman–Crippen MR) is 76.6 cm³/mol. The number of amides is 1. The lowest BCUT2D eigenvalue weighted by molar-refractivity contribution is -0.125. The molecule has 0 saturated heterocycles. The van der Waals surface area contributed by atoms with Crippen LogP contribution in [0.4, 0.5) is 8.78 Å². The van der Waals surface area contributed by atoms with Gasteiger partial charge in [-0.2, -0.15) is 8.78 Å². The molecule has 0 N–H and O–H groups in total. The highest BCUT2D eigenvalue weighted by Crippen LogP contribution is 2.33. The van der Waals surface area contributed by atoms with Crippen LogP contribution >= 0.6 is 0 Å². The van der Waals surface area contributed by atoms with Crippen LogP contribution in [0.15, 0.2) is 24.3 Å². The molecule has 0 radical (unpaired) electrons. The van der Waals surface area contributed by atoms with Gasteiger partial charge in [-0.25, -0.2) is 0 Å². The number of ether oxygens (including phenoxy) is 2. The summed E-state index contributed by atoms with van der Waals surface area (Å²) in [5, 5.41) is 0. The van der Waals surface area contributed by atoms with E-state index in [-0.39, 0.29) is 17.4 Å². The first-order valence-corrected chi connectivity index (χ1v) is 6.62. The Kier molecular flexibility index (Phi) is 6.65. The SMILES string of the molecule is CCN(CC)C(=O)/C=C\c1cccc(OC)c1OC(F)F. The maximum Gasteiger partial charge on any atom is 0.387 e. The second kappa shape index (κ2) is 8.24. The molecule has 0 fully saturated rings. The minimum atomic E-state index is -2.97. The number of halogens is 2. The molecule has 0 saturated carbocycles. The van der Waals surface area contributed by atoms with Gasteiger partial charge in [-0.1, -0.05) is 12.1 Å². The zero-order valence-corrected chi connectivity index (χ0v) is 12.3. The summed E-state index contributed by atoms with van der Waals surface area (Å²) in [6.07, 6.45) is 2.78. The molecule has 4 nitrogen and oxygen atoms in total. The number of nitrogens with zero attached hydrogens (tertiary/aromatic N) is 1. The first kappa shape index (κ1) is 16.9. The maximum atomic E-state index is 12.5. The number of alkyl halides is 2. The van der Waals surface area contributed by atoms with E-state index in [9.17, 15) is 13.6 Å². The van der Waals surface area contributed by atoms with Crippen LogP contribution < -0.4 is 9.47 Å². The van der Waals surface area contributed by atoms with Crippen LogP contribution in [-0.4, -0.2) is 37.6 Å². The molecule has 0 atom stereocenters. The van der Waals surface area contributed by atoms with E-state index < -0.39 is 6.61 Å². The van der Waals surface area contributed by atoms with Gasteiger partial charge in [-0.15, -0.1) is 0 Å². The fraction of sp³-hybridized carbons (Fsp3) is 0.400. The maximum absolute atomic E-state index is 12.5. The molecule has 0 spiro atoms. The molecular weight excluding hydrogens is 280 g/mol. The summed E-state index contributed by atoms with van der Waals surface area (Å²) in [4.78, 5) is 13.5. The average Bonchev–Trinajstić information content (AvgIpc) is 2.46. The lowest BCUT2D eigenvalue weighted by atomic mass is 10.1. The Morgan fingerprint density at radius 3 is 2.52 bits per heavy atom. The monoisotopic (exact) mass is 299 g/mol. The van der Waals surface area contributed by atoms with Crippen LogP contribution in [0.2, 0.25) is 0 Å². The molecule has 6 heteroatoms. The summed E-state index contributed by atoms with van der Waals surface area (Å²) >= 11 is 0. The van der Waals surface area contributed by atoms with Crippen LogP contribution in [0.3, 0.4) is 0 Å². The number of carbonyl (C=O) groups excluding carboxylic acids is 1. The van der Waals surface area contributed by atoms with Gasteiger partial charge in [0.2, 0.25) is 5.91 Å². The summed E-state index contributed by atoms with van der Waals surface area (Å²) in [5.74, 6) is -0.0860. The van der Waals surface area contributed by atoms with Crippen molar-refractivity contribution in [3.8, 4) is 11.5 Å². The van der Waals surface area contributed by atoms with E-state index in [1.165, 1.54) is 25.3 Å². The van der Waals surface area contributed by atoms with Crippen molar-refractivity contribution in [3.05, 3.63) is 29.8 Å². The molecular formula is C15H19F2NO3. The molecule has 0 aliphatic heterocycles. The van der Waals surface area contributed by atoms with Gasteiger partial charge >= 0.3 is 6.61 Å². The highest BCUT2D eigenvalue weighted by atomic mass is 19.3. The van der Waals surface area contributed by atoms with Gasteiger partial charge in [-0.05, 0) is 26.0 Å². The van der Waals surface area contributed by atoms with Crippen LogP contribution in [0.1, 0.15) is 19.4 Å². The van der Waals surface area contributed by atoms with Gasteiger partial charge in [-0.3, -0.25) is 4.79 Å². The van der Waals surface area contributed by atoms with Crippen LogP contribution in [-0.2, 0) is 4.79 Å². The molecule has 21 heavy (non-hydrogen) atoms. The van der Waals surface area contributed by atoms with Gasteiger partial charge < -0.3 is 14.4 Å². The highest BCUT2D eigenvalue weighted by Gasteiger charge is 2.14. The Morgan fingerprint density at radius 2 is 2.00 bits per heavy atom. The Hall–Kier alpha value is -2.11. The number of para-hydroxylation sites is 1. The summed E-state index contributed by atoms with van der Waals surface area (Å²) in [5.41, 5.74) is 0.357. The molecule has 0 unspecified atom stereocenters. The minimum absolute atomic E-state index is 0.0846. The van der Waals surface area contributed by atoms with Crippen LogP contribution in [0, 0.1) is 0 Å². The van der Waals surface area contributed by atoms with Crippen molar-refractivity contribution in [1.82, 2.24) is 4.90 Å². The number of hydrogen-bond acceptors (Lipinski definition) is 3. The zero-order valence-electron chi connectivity index (χ0n) is 12.3. The Bertz CT molecular complexity index is 500. The zero-order chi connectivity index (χ0) is 15.8. The Balaban J connectivity index is 3.04. The third-order valence-electron chi connectivity index (χ3n) is 2.92. The van der Waals surface area contributed by atoms with Crippen molar-refractivity contribution in [2.24, 2.45) is 0 Å². The van der Waals surface area contributed by atoms with E-state index in [1.807, 2.05) is 13.8 Å². The Morgan fingerprint density at radius 1 is 1.33 bits per heavy atom. The minimum Gasteiger partial charge on any atom is -0.493 e. The van der Waals surface area contributed by atoms with E-state index in [4.69, 9.17) is 4.74 Å². The lowest BCUT2D eigenvalue weighted by Crippen LogP contribution is -2.28. The van der Waals surface area contributed by atoms with E-state index in [0.717, 1.165) is 0 Å². The van der Waals surface area contributed by atoms with Gasteiger partial charge in [0.15, 0.2) is 11.5 Å². The molecule has 1 aromatic rings. The first-order valence-electron chi connectivity index (χ1n) is 6.62. The van der Waals surface area contributed by atoms with E-state index in [1.54, 1.807) is 17.0 Å². The van der Waals surface area contributed by atoms with E-state index in [0.29, 0.717) is 18.7 Å². The molecule has 0 bridgehead atoms. The topological polar surface area (TPSA) is 38.8 Å². The number of rotatable bonds is 7. The van der Waals surface area contributed by atoms with Crippen molar-refractivity contribution in [1.29, 1.82) is 0 Å². The van der Waals surface area contributed by atoms with Crippen molar-refractivity contribution >= 4 is 12.0 Å². The molecule has 1 amide bonds. The molecule has 1 aromatic carbocycles. The van der Waals surface area contributed by atoms with Gasteiger partial charge in [0, 0.05) is 24.7 Å².